The minimum Gasteiger partial charge on any atom is -0.319 e. The smallest absolute Gasteiger partial charge is 0.270 e. The predicted molar refractivity (Wildman–Crippen MR) is 76.8 cm³/mol. The summed E-state index contributed by atoms with van der Waals surface area (Å²) in [6, 6.07) is 12.3. The molecule has 2 aromatic carbocycles. The number of hydrogen-bond donors (Lipinski definition) is 1. The van der Waals surface area contributed by atoms with Gasteiger partial charge < -0.3 is 4.98 Å². The second-order valence-electron chi connectivity index (χ2n) is 4.64. The molecule has 4 nitrogen and oxygen atoms in total. The van der Waals surface area contributed by atoms with Gasteiger partial charge in [-0.3, -0.25) is 9.59 Å². The summed E-state index contributed by atoms with van der Waals surface area (Å²) < 4.78 is 12.8. The van der Waals surface area contributed by atoms with E-state index in [0.717, 1.165) is 0 Å². The van der Waals surface area contributed by atoms with Crippen LogP contribution < -0.4 is 5.56 Å². The number of fused-ring (bicyclic) bond motifs is 1. The lowest BCUT2D eigenvalue weighted by atomic mass is 10.1. The van der Waals surface area contributed by atoms with Crippen molar-refractivity contribution in [2.45, 2.75) is 6.42 Å². The molecule has 104 valence electrons. The second-order valence-corrected chi connectivity index (χ2v) is 4.64. The van der Waals surface area contributed by atoms with Crippen molar-refractivity contribution in [1.82, 2.24) is 9.97 Å². The molecule has 0 amide bonds. The monoisotopic (exact) mass is 282 g/mol. The van der Waals surface area contributed by atoms with E-state index in [4.69, 9.17) is 0 Å². The van der Waals surface area contributed by atoms with Gasteiger partial charge in [-0.15, -0.1) is 0 Å². The molecule has 0 saturated heterocycles. The van der Waals surface area contributed by atoms with Crippen LogP contribution in [0.25, 0.3) is 11.0 Å². The molecule has 0 aliphatic heterocycles. The molecule has 0 aliphatic carbocycles. The SMILES string of the molecule is O=C(Cc1nc2ccccc2[nH]c1=O)c1ccc(F)cc1. The van der Waals surface area contributed by atoms with Gasteiger partial charge in [0, 0.05) is 5.56 Å². The number of benzene rings is 2. The predicted octanol–water partition coefficient (Wildman–Crippen LogP) is 2.49. The third-order valence-electron chi connectivity index (χ3n) is 3.16. The van der Waals surface area contributed by atoms with Crippen LogP contribution in [0.5, 0.6) is 0 Å². The Morgan fingerprint density at radius 2 is 1.81 bits per heavy atom. The van der Waals surface area contributed by atoms with Crippen molar-refractivity contribution in [1.29, 1.82) is 0 Å². The Morgan fingerprint density at radius 3 is 2.57 bits per heavy atom. The van der Waals surface area contributed by atoms with E-state index in [1.807, 2.05) is 0 Å². The summed E-state index contributed by atoms with van der Waals surface area (Å²) in [7, 11) is 0. The number of carbonyl (C=O) groups excluding carboxylic acids is 1. The van der Waals surface area contributed by atoms with Gasteiger partial charge in [0.2, 0.25) is 0 Å². The van der Waals surface area contributed by atoms with Gasteiger partial charge >= 0.3 is 0 Å². The highest BCUT2D eigenvalue weighted by Gasteiger charge is 2.12. The highest BCUT2D eigenvalue weighted by atomic mass is 19.1. The summed E-state index contributed by atoms with van der Waals surface area (Å²) in [6.45, 7) is 0. The number of ketones is 1. The molecule has 0 bridgehead atoms. The fourth-order valence-electron chi connectivity index (χ4n) is 2.08. The Hall–Kier alpha value is -2.82. The van der Waals surface area contributed by atoms with E-state index in [-0.39, 0.29) is 23.5 Å². The molecule has 3 aromatic rings. The van der Waals surface area contributed by atoms with Gasteiger partial charge in [-0.05, 0) is 36.4 Å². The van der Waals surface area contributed by atoms with Gasteiger partial charge in [0.25, 0.3) is 5.56 Å². The Morgan fingerprint density at radius 1 is 1.10 bits per heavy atom. The van der Waals surface area contributed by atoms with Gasteiger partial charge in [0.05, 0.1) is 17.5 Å². The summed E-state index contributed by atoms with van der Waals surface area (Å²) in [4.78, 5) is 30.9. The molecule has 0 radical (unpaired) electrons. The van der Waals surface area contributed by atoms with Gasteiger partial charge in [-0.2, -0.15) is 0 Å². The minimum absolute atomic E-state index is 0.119. The number of nitrogens with zero attached hydrogens (tertiary/aromatic N) is 1. The minimum atomic E-state index is -0.409. The number of aromatic amines is 1. The van der Waals surface area contributed by atoms with Gasteiger partial charge in [-0.25, -0.2) is 9.37 Å². The van der Waals surface area contributed by atoms with Crippen LogP contribution in [0.3, 0.4) is 0 Å². The molecular weight excluding hydrogens is 271 g/mol. The zero-order chi connectivity index (χ0) is 14.8. The van der Waals surface area contributed by atoms with Crippen LogP contribution in [0.2, 0.25) is 0 Å². The normalized spacial score (nSPS) is 10.7. The summed E-state index contributed by atoms with van der Waals surface area (Å²) in [5, 5.41) is 0. The molecule has 0 saturated carbocycles. The highest BCUT2D eigenvalue weighted by molar-refractivity contribution is 5.97. The number of H-pyrrole nitrogens is 1. The molecule has 0 atom stereocenters. The van der Waals surface area contributed by atoms with E-state index < -0.39 is 5.82 Å². The topological polar surface area (TPSA) is 62.8 Å². The average molecular weight is 282 g/mol. The number of aromatic nitrogens is 2. The van der Waals surface area contributed by atoms with E-state index >= 15 is 0 Å². The summed E-state index contributed by atoms with van der Waals surface area (Å²) in [5.74, 6) is -0.684. The fourth-order valence-corrected chi connectivity index (χ4v) is 2.08. The van der Waals surface area contributed by atoms with Crippen LogP contribution in [0.1, 0.15) is 16.1 Å². The maximum Gasteiger partial charge on any atom is 0.270 e. The van der Waals surface area contributed by atoms with Crippen molar-refractivity contribution in [3.8, 4) is 0 Å². The number of para-hydroxylation sites is 2. The van der Waals surface area contributed by atoms with Crippen molar-refractivity contribution in [3.63, 3.8) is 0 Å². The summed E-state index contributed by atoms with van der Waals surface area (Å²) in [5.41, 5.74) is 1.37. The van der Waals surface area contributed by atoms with Crippen LogP contribution in [-0.4, -0.2) is 15.8 Å². The standard InChI is InChI=1S/C16H11FN2O2/c17-11-7-5-10(6-8-11)15(20)9-14-16(21)19-13-4-2-1-3-12(13)18-14/h1-8H,9H2,(H,19,21). The number of Topliss-reactive ketones (excluding diaryl/α,β-unsaturated/α-hetero) is 1. The van der Waals surface area contributed by atoms with Crippen LogP contribution in [0, 0.1) is 5.82 Å². The maximum absolute atomic E-state index is 12.8. The number of hydrogen-bond acceptors (Lipinski definition) is 3. The Kier molecular flexibility index (Phi) is 3.31. The summed E-state index contributed by atoms with van der Waals surface area (Å²) >= 11 is 0. The molecule has 0 unspecified atom stereocenters. The Bertz CT molecular complexity index is 869. The first-order valence-corrected chi connectivity index (χ1v) is 6.40. The zero-order valence-electron chi connectivity index (χ0n) is 11.0. The number of rotatable bonds is 3. The van der Waals surface area contributed by atoms with Crippen molar-refractivity contribution in [2.24, 2.45) is 0 Å². The number of nitrogens with one attached hydrogen (secondary N) is 1. The van der Waals surface area contributed by atoms with Crippen molar-refractivity contribution in [2.75, 3.05) is 0 Å². The summed E-state index contributed by atoms with van der Waals surface area (Å²) in [6.07, 6.45) is -0.119. The zero-order valence-corrected chi connectivity index (χ0v) is 11.0. The van der Waals surface area contributed by atoms with E-state index in [9.17, 15) is 14.0 Å². The lowest BCUT2D eigenvalue weighted by Gasteiger charge is -2.02. The van der Waals surface area contributed by atoms with Gasteiger partial charge in [0.1, 0.15) is 11.5 Å². The molecule has 1 heterocycles. The lowest BCUT2D eigenvalue weighted by Crippen LogP contribution is -2.18. The van der Waals surface area contributed by atoms with Gasteiger partial charge in [-0.1, -0.05) is 12.1 Å². The average Bonchev–Trinajstić information content (AvgIpc) is 2.48. The molecule has 5 heteroatoms. The molecule has 1 aromatic heterocycles. The van der Waals surface area contributed by atoms with Gasteiger partial charge in [0.15, 0.2) is 5.78 Å². The quantitative estimate of drug-likeness (QED) is 0.751. The van der Waals surface area contributed by atoms with E-state index in [1.165, 1.54) is 24.3 Å². The molecule has 0 fully saturated rings. The van der Waals surface area contributed by atoms with Crippen molar-refractivity contribution >= 4 is 16.8 Å². The first kappa shape index (κ1) is 13.2. The Balaban J connectivity index is 1.94. The molecule has 1 N–H and O–H groups in total. The third-order valence-corrected chi connectivity index (χ3v) is 3.16. The maximum atomic E-state index is 12.8. The van der Waals surface area contributed by atoms with E-state index in [2.05, 4.69) is 9.97 Å². The molecule has 21 heavy (non-hydrogen) atoms. The number of carbonyl (C=O) groups is 1. The second kappa shape index (κ2) is 5.28. The molecule has 3 rings (SSSR count). The first-order chi connectivity index (χ1) is 10.1. The van der Waals surface area contributed by atoms with Crippen LogP contribution >= 0.6 is 0 Å². The van der Waals surface area contributed by atoms with E-state index in [1.54, 1.807) is 24.3 Å². The van der Waals surface area contributed by atoms with Crippen LogP contribution in [0.4, 0.5) is 4.39 Å². The van der Waals surface area contributed by atoms with Crippen LogP contribution in [-0.2, 0) is 6.42 Å². The van der Waals surface area contributed by atoms with Crippen molar-refractivity contribution in [3.05, 3.63) is 76.0 Å². The molecule has 0 spiro atoms. The van der Waals surface area contributed by atoms with E-state index in [0.29, 0.717) is 16.6 Å². The molecular formula is C16H11FN2O2. The Labute approximate surface area is 119 Å². The third kappa shape index (κ3) is 2.72. The van der Waals surface area contributed by atoms with Crippen LogP contribution in [0.15, 0.2) is 53.3 Å². The molecule has 0 aliphatic rings. The van der Waals surface area contributed by atoms with Crippen molar-refractivity contribution < 1.29 is 9.18 Å². The highest BCUT2D eigenvalue weighted by Crippen LogP contribution is 2.09. The fraction of sp³-hybridized carbons (Fsp3) is 0.0625. The first-order valence-electron chi connectivity index (χ1n) is 6.40. The number of halogens is 1. The lowest BCUT2D eigenvalue weighted by molar-refractivity contribution is 0.0991. The largest absolute Gasteiger partial charge is 0.319 e.